The summed E-state index contributed by atoms with van der Waals surface area (Å²) in [6, 6.07) is 20.6. The quantitative estimate of drug-likeness (QED) is 0.216. The normalized spacial score (nSPS) is 16.5. The number of benzene rings is 2. The number of rotatable bonds is 12. The first kappa shape index (κ1) is 36.7. The Kier molecular flexibility index (Phi) is 12.4. The van der Waals surface area contributed by atoms with Crippen LogP contribution in [-0.4, -0.2) is 77.1 Å². The van der Waals surface area contributed by atoms with Crippen LogP contribution < -0.4 is 5.32 Å². The van der Waals surface area contributed by atoms with Crippen LogP contribution in [0.5, 0.6) is 0 Å². The van der Waals surface area contributed by atoms with E-state index in [0.29, 0.717) is 39.0 Å². The third-order valence-electron chi connectivity index (χ3n) is 7.75. The maximum atomic E-state index is 13.8. The van der Waals surface area contributed by atoms with Crippen LogP contribution >= 0.6 is 0 Å². The molecule has 48 heavy (non-hydrogen) atoms. The first-order valence-electron chi connectivity index (χ1n) is 16.7. The van der Waals surface area contributed by atoms with E-state index in [1.807, 2.05) is 78.8 Å². The van der Waals surface area contributed by atoms with Gasteiger partial charge in [-0.15, -0.1) is 0 Å². The summed E-state index contributed by atoms with van der Waals surface area (Å²) >= 11 is 0. The van der Waals surface area contributed by atoms with Crippen LogP contribution in [0.4, 0.5) is 19.8 Å². The van der Waals surface area contributed by atoms with E-state index in [0.717, 1.165) is 28.2 Å². The number of hydrogen-bond donors (Lipinski definition) is 1. The molecule has 1 aromatic heterocycles. The molecule has 0 radical (unpaired) electrons. The molecule has 1 aliphatic rings. The van der Waals surface area contributed by atoms with E-state index in [-0.39, 0.29) is 37.1 Å². The number of ether oxygens (including phenoxy) is 3. The second-order valence-electron chi connectivity index (χ2n) is 14.5. The van der Waals surface area contributed by atoms with E-state index < -0.39 is 17.3 Å². The number of carbonyl (C=O) groups excluding carboxylic acids is 2. The van der Waals surface area contributed by atoms with Gasteiger partial charge in [0.25, 0.3) is 0 Å². The van der Waals surface area contributed by atoms with E-state index in [4.69, 9.17) is 19.2 Å². The standard InChI is InChI=1S/C38H51FN4O5/c1-27-20-32(41-34(21-27)40-24-29-12-9-8-10-13-29)23-30-25-43(36(45)48-38(5,6)7)26-33(30)46-19-18-42(35(44)47-37(2,3)4)17-16-28-14-11-15-31(39)22-28/h8-15,20-22,30,33H,16-19,23-26H2,1-7H3,(H,40,41)/t30-,33+/m1/s1. The Morgan fingerprint density at radius 3 is 2.31 bits per heavy atom. The van der Waals surface area contributed by atoms with Gasteiger partial charge in [0.1, 0.15) is 22.8 Å². The minimum absolute atomic E-state index is 0.0453. The Labute approximate surface area is 284 Å². The van der Waals surface area contributed by atoms with Gasteiger partial charge in [-0.3, -0.25) is 0 Å². The minimum Gasteiger partial charge on any atom is -0.444 e. The summed E-state index contributed by atoms with van der Waals surface area (Å²) in [5, 5.41) is 3.43. The fourth-order valence-corrected chi connectivity index (χ4v) is 5.59. The van der Waals surface area contributed by atoms with E-state index >= 15 is 0 Å². The van der Waals surface area contributed by atoms with E-state index in [1.165, 1.54) is 12.1 Å². The van der Waals surface area contributed by atoms with Gasteiger partial charge in [0.15, 0.2) is 0 Å². The van der Waals surface area contributed by atoms with Crippen molar-refractivity contribution in [3.63, 3.8) is 0 Å². The number of halogens is 1. The van der Waals surface area contributed by atoms with Gasteiger partial charge in [0.05, 0.1) is 19.3 Å². The minimum atomic E-state index is -0.671. The molecular formula is C38H51FN4O5. The number of likely N-dealkylation sites (tertiary alicyclic amines) is 1. The van der Waals surface area contributed by atoms with Gasteiger partial charge < -0.3 is 29.3 Å². The molecule has 3 aromatic rings. The third-order valence-corrected chi connectivity index (χ3v) is 7.75. The van der Waals surface area contributed by atoms with E-state index in [1.54, 1.807) is 15.9 Å². The lowest BCUT2D eigenvalue weighted by Gasteiger charge is -2.28. The molecule has 1 saturated heterocycles. The maximum Gasteiger partial charge on any atom is 0.410 e. The second-order valence-corrected chi connectivity index (χ2v) is 14.5. The lowest BCUT2D eigenvalue weighted by Crippen LogP contribution is -2.41. The molecule has 2 atom stereocenters. The fourth-order valence-electron chi connectivity index (χ4n) is 5.59. The highest BCUT2D eigenvalue weighted by molar-refractivity contribution is 5.69. The number of carbonyl (C=O) groups is 2. The molecule has 1 aliphatic heterocycles. The summed E-state index contributed by atoms with van der Waals surface area (Å²) < 4.78 is 31.6. The molecule has 1 fully saturated rings. The number of hydrogen-bond acceptors (Lipinski definition) is 7. The van der Waals surface area contributed by atoms with E-state index in [9.17, 15) is 14.0 Å². The molecule has 0 aliphatic carbocycles. The Hall–Kier alpha value is -4.18. The molecule has 0 saturated carbocycles. The highest BCUT2D eigenvalue weighted by Gasteiger charge is 2.38. The van der Waals surface area contributed by atoms with Gasteiger partial charge in [-0.05, 0) is 102 Å². The van der Waals surface area contributed by atoms with Crippen LogP contribution in [0.25, 0.3) is 0 Å². The summed E-state index contributed by atoms with van der Waals surface area (Å²) in [6.45, 7) is 15.4. The molecule has 2 heterocycles. The number of nitrogens with one attached hydrogen (secondary N) is 1. The van der Waals surface area contributed by atoms with Gasteiger partial charge in [0, 0.05) is 37.8 Å². The van der Waals surface area contributed by atoms with Crippen molar-refractivity contribution in [2.75, 3.05) is 38.1 Å². The number of amides is 2. The first-order chi connectivity index (χ1) is 22.6. The molecule has 4 rings (SSSR count). The predicted molar refractivity (Wildman–Crippen MR) is 185 cm³/mol. The van der Waals surface area contributed by atoms with Crippen LogP contribution in [0.3, 0.4) is 0 Å². The second kappa shape index (κ2) is 16.3. The van der Waals surface area contributed by atoms with Crippen molar-refractivity contribution in [2.45, 2.75) is 85.2 Å². The van der Waals surface area contributed by atoms with Crippen molar-refractivity contribution in [1.29, 1.82) is 0 Å². The number of aryl methyl sites for hydroxylation is 1. The summed E-state index contributed by atoms with van der Waals surface area (Å²) in [6.07, 6.45) is -0.0769. The molecule has 9 nitrogen and oxygen atoms in total. The van der Waals surface area contributed by atoms with Gasteiger partial charge in [-0.1, -0.05) is 42.5 Å². The zero-order valence-electron chi connectivity index (χ0n) is 29.4. The summed E-state index contributed by atoms with van der Waals surface area (Å²) in [4.78, 5) is 34.5. The molecule has 10 heteroatoms. The molecular weight excluding hydrogens is 611 g/mol. The molecule has 0 spiro atoms. The molecule has 0 unspecified atom stereocenters. The van der Waals surface area contributed by atoms with Gasteiger partial charge in [0.2, 0.25) is 0 Å². The highest BCUT2D eigenvalue weighted by Crippen LogP contribution is 2.27. The highest BCUT2D eigenvalue weighted by atomic mass is 19.1. The van der Waals surface area contributed by atoms with Crippen molar-refractivity contribution >= 4 is 18.0 Å². The Morgan fingerprint density at radius 2 is 1.62 bits per heavy atom. The molecule has 260 valence electrons. The zero-order valence-corrected chi connectivity index (χ0v) is 29.4. The lowest BCUT2D eigenvalue weighted by molar-refractivity contribution is -0.000920. The Bertz CT molecular complexity index is 1500. The van der Waals surface area contributed by atoms with Crippen LogP contribution in [-0.2, 0) is 33.6 Å². The van der Waals surface area contributed by atoms with Gasteiger partial charge in [-0.25, -0.2) is 19.0 Å². The molecule has 2 aromatic carbocycles. The van der Waals surface area contributed by atoms with Crippen molar-refractivity contribution in [1.82, 2.24) is 14.8 Å². The topological polar surface area (TPSA) is 93.2 Å². The average Bonchev–Trinajstić information content (AvgIpc) is 3.39. The summed E-state index contributed by atoms with van der Waals surface area (Å²) in [5.74, 6) is 0.430. The van der Waals surface area contributed by atoms with Crippen LogP contribution in [0.1, 0.15) is 63.9 Å². The van der Waals surface area contributed by atoms with Gasteiger partial charge >= 0.3 is 12.2 Å². The lowest BCUT2D eigenvalue weighted by atomic mass is 9.99. The van der Waals surface area contributed by atoms with Crippen molar-refractivity contribution in [3.8, 4) is 0 Å². The molecule has 2 amide bonds. The first-order valence-corrected chi connectivity index (χ1v) is 16.7. The summed E-state index contributed by atoms with van der Waals surface area (Å²) in [5.41, 5.74) is 2.64. The smallest absolute Gasteiger partial charge is 0.410 e. The molecule has 1 N–H and O–H groups in total. The van der Waals surface area contributed by atoms with Crippen molar-refractivity contribution in [3.05, 3.63) is 94.9 Å². The van der Waals surface area contributed by atoms with Gasteiger partial charge in [-0.2, -0.15) is 0 Å². The largest absolute Gasteiger partial charge is 0.444 e. The molecule has 0 bridgehead atoms. The number of aromatic nitrogens is 1. The summed E-state index contributed by atoms with van der Waals surface area (Å²) in [7, 11) is 0. The van der Waals surface area contributed by atoms with E-state index in [2.05, 4.69) is 23.5 Å². The zero-order chi connectivity index (χ0) is 34.9. The van der Waals surface area contributed by atoms with Crippen LogP contribution in [0.15, 0.2) is 66.7 Å². The Balaban J connectivity index is 1.45. The van der Waals surface area contributed by atoms with Crippen molar-refractivity contribution in [2.24, 2.45) is 5.92 Å². The SMILES string of the molecule is Cc1cc(C[C@@H]2CN(C(=O)OC(C)(C)C)C[C@@H]2OCCN(CCc2cccc(F)c2)C(=O)OC(C)(C)C)nc(NCc2ccccc2)c1. The van der Waals surface area contributed by atoms with Crippen LogP contribution in [0, 0.1) is 18.7 Å². The fraction of sp³-hybridized carbons (Fsp3) is 0.500. The Morgan fingerprint density at radius 1 is 0.917 bits per heavy atom. The monoisotopic (exact) mass is 662 g/mol. The van der Waals surface area contributed by atoms with Crippen molar-refractivity contribution < 1.29 is 28.2 Å². The number of pyridine rings is 1. The van der Waals surface area contributed by atoms with Crippen LogP contribution in [0.2, 0.25) is 0 Å². The average molecular weight is 663 g/mol. The number of nitrogens with zero attached hydrogens (tertiary/aromatic N) is 3. The predicted octanol–water partition coefficient (Wildman–Crippen LogP) is 7.42. The third kappa shape index (κ3) is 12.1. The number of anilines is 1. The maximum absolute atomic E-state index is 13.8.